The van der Waals surface area contributed by atoms with Crippen molar-refractivity contribution in [3.8, 4) is 0 Å². The zero-order valence-electron chi connectivity index (χ0n) is 8.15. The van der Waals surface area contributed by atoms with Gasteiger partial charge in [0, 0.05) is 0 Å². The van der Waals surface area contributed by atoms with Crippen molar-refractivity contribution in [2.45, 2.75) is 23.5 Å². The van der Waals surface area contributed by atoms with E-state index in [2.05, 4.69) is 4.74 Å². The average Bonchev–Trinajstić information content (AvgIpc) is 2.11. The number of hydrogen-bond donors (Lipinski definition) is 0. The second kappa shape index (κ2) is 4.66. The zero-order chi connectivity index (χ0) is 15.9. The lowest BCUT2D eigenvalue weighted by Crippen LogP contribution is -2.52. The van der Waals surface area contributed by atoms with Gasteiger partial charge in [-0.25, -0.2) is 8.42 Å². The van der Waals surface area contributed by atoms with Crippen molar-refractivity contribution in [3.05, 3.63) is 0 Å². The summed E-state index contributed by atoms with van der Waals surface area (Å²) < 4.78 is 139. The molecule has 0 unspecified atom stereocenters. The van der Waals surface area contributed by atoms with Crippen LogP contribution in [0.2, 0.25) is 0 Å². The van der Waals surface area contributed by atoms with Crippen molar-refractivity contribution >= 4 is 10.1 Å². The molecule has 0 aromatic carbocycles. The molecule has 19 heavy (non-hydrogen) atoms. The second-order valence-corrected chi connectivity index (χ2v) is 4.40. The molecule has 0 aromatic rings. The van der Waals surface area contributed by atoms with Crippen LogP contribution in [0.25, 0.3) is 0 Å². The first-order valence-corrected chi connectivity index (χ1v) is 5.16. The van der Waals surface area contributed by atoms with Crippen molar-refractivity contribution in [3.63, 3.8) is 0 Å². The van der Waals surface area contributed by atoms with Crippen LogP contribution in [0.1, 0.15) is 0 Å². The molecule has 4 nitrogen and oxygen atoms in total. The first-order chi connectivity index (χ1) is 7.96. The van der Waals surface area contributed by atoms with Crippen LogP contribution in [0.3, 0.4) is 0 Å². The standard InChI is InChI=1S/C5H3F9O4S/c6-2(7,3(8,9)10)1-18-4(11,12)5(13,14)19(15,16)17/h1H2,(H,15,16,17)/p-1. The Balaban J connectivity index is 5.12. The third-order valence-corrected chi connectivity index (χ3v) is 2.37. The monoisotopic (exact) mass is 329 g/mol. The Bertz CT molecular complexity index is 424. The highest BCUT2D eigenvalue weighted by Gasteiger charge is 2.66. The van der Waals surface area contributed by atoms with Crippen LogP contribution in [0.4, 0.5) is 39.5 Å². The van der Waals surface area contributed by atoms with Gasteiger partial charge in [0.2, 0.25) is 0 Å². The number of halogens is 9. The molecule has 0 rings (SSSR count). The molecule has 0 spiro atoms. The van der Waals surface area contributed by atoms with Crippen molar-refractivity contribution in [1.29, 1.82) is 0 Å². The van der Waals surface area contributed by atoms with Crippen LogP contribution >= 0.6 is 0 Å². The molecule has 0 saturated carbocycles. The Hall–Kier alpha value is -0.760. The number of rotatable bonds is 5. The summed E-state index contributed by atoms with van der Waals surface area (Å²) in [7, 11) is -7.05. The lowest BCUT2D eigenvalue weighted by molar-refractivity contribution is -0.363. The number of hydrogen-bond acceptors (Lipinski definition) is 4. The van der Waals surface area contributed by atoms with Crippen LogP contribution in [-0.4, -0.2) is 43.0 Å². The Morgan fingerprint density at radius 3 is 1.53 bits per heavy atom. The third-order valence-electron chi connectivity index (χ3n) is 1.50. The highest BCUT2D eigenvalue weighted by molar-refractivity contribution is 7.86. The van der Waals surface area contributed by atoms with Crippen LogP contribution in [0.15, 0.2) is 0 Å². The summed E-state index contributed by atoms with van der Waals surface area (Å²) in [6, 6.07) is 0. The zero-order valence-corrected chi connectivity index (χ0v) is 8.97. The Morgan fingerprint density at radius 2 is 1.26 bits per heavy atom. The Kier molecular flexibility index (Phi) is 4.47. The SMILES string of the molecule is O=S(=O)([O-])C(F)(F)C(F)(F)OCC(F)(F)C(F)(F)F. The maximum Gasteiger partial charge on any atom is 0.455 e. The van der Waals surface area contributed by atoms with Crippen molar-refractivity contribution < 1.29 is 57.2 Å². The summed E-state index contributed by atoms with van der Waals surface area (Å²) in [6.07, 6.45) is -12.8. The van der Waals surface area contributed by atoms with Gasteiger partial charge in [-0.05, 0) is 0 Å². The lowest BCUT2D eigenvalue weighted by Gasteiger charge is -2.29. The van der Waals surface area contributed by atoms with Crippen LogP contribution in [0, 0.1) is 0 Å². The smallest absolute Gasteiger partial charge is 0.455 e. The molecule has 0 radical (unpaired) electrons. The van der Waals surface area contributed by atoms with E-state index in [0.717, 1.165) is 0 Å². The van der Waals surface area contributed by atoms with E-state index in [1.807, 2.05) is 0 Å². The van der Waals surface area contributed by atoms with E-state index in [1.165, 1.54) is 0 Å². The highest BCUT2D eigenvalue weighted by Crippen LogP contribution is 2.42. The molecule has 116 valence electrons. The number of alkyl halides is 9. The molecular formula is C5H2F9O4S-. The maximum absolute atomic E-state index is 12.4. The number of ether oxygens (including phenoxy) is 1. The van der Waals surface area contributed by atoms with Gasteiger partial charge in [-0.1, -0.05) is 0 Å². The van der Waals surface area contributed by atoms with Crippen LogP contribution in [-0.2, 0) is 14.9 Å². The summed E-state index contributed by atoms with van der Waals surface area (Å²) in [5.41, 5.74) is 0. The molecule has 0 saturated heterocycles. The molecule has 0 amide bonds. The molecule has 0 aromatic heterocycles. The van der Waals surface area contributed by atoms with E-state index < -0.39 is 40.2 Å². The van der Waals surface area contributed by atoms with Gasteiger partial charge in [0.25, 0.3) is 0 Å². The van der Waals surface area contributed by atoms with Crippen molar-refractivity contribution in [2.24, 2.45) is 0 Å². The fourth-order valence-corrected chi connectivity index (χ4v) is 0.843. The van der Waals surface area contributed by atoms with E-state index in [1.54, 1.807) is 0 Å². The minimum Gasteiger partial charge on any atom is -0.743 e. The van der Waals surface area contributed by atoms with Gasteiger partial charge in [-0.3, -0.25) is 0 Å². The topological polar surface area (TPSA) is 66.4 Å². The Morgan fingerprint density at radius 1 is 0.895 bits per heavy atom. The summed E-state index contributed by atoms with van der Waals surface area (Å²) in [4.78, 5) is 0. The predicted molar refractivity (Wildman–Crippen MR) is 36.5 cm³/mol. The third kappa shape index (κ3) is 3.62. The molecule has 0 bridgehead atoms. The van der Waals surface area contributed by atoms with Gasteiger partial charge in [-0.2, -0.15) is 39.5 Å². The van der Waals surface area contributed by atoms with E-state index in [0.29, 0.717) is 0 Å². The minimum absolute atomic E-state index is 2.28. The second-order valence-electron chi connectivity index (χ2n) is 2.98. The molecule has 0 atom stereocenters. The van der Waals surface area contributed by atoms with Crippen molar-refractivity contribution in [1.82, 2.24) is 0 Å². The molecule has 0 aliphatic heterocycles. The van der Waals surface area contributed by atoms with E-state index in [-0.39, 0.29) is 0 Å². The predicted octanol–water partition coefficient (Wildman–Crippen LogP) is 1.93. The van der Waals surface area contributed by atoms with E-state index >= 15 is 0 Å². The molecule has 0 fully saturated rings. The van der Waals surface area contributed by atoms with Gasteiger partial charge in [0.15, 0.2) is 10.1 Å². The molecule has 0 heterocycles. The van der Waals surface area contributed by atoms with Crippen LogP contribution in [0.5, 0.6) is 0 Å². The highest BCUT2D eigenvalue weighted by atomic mass is 32.2. The molecular weight excluding hydrogens is 327 g/mol. The fourth-order valence-electron chi connectivity index (χ4n) is 0.493. The van der Waals surface area contributed by atoms with E-state index in [9.17, 15) is 52.5 Å². The maximum atomic E-state index is 12.4. The van der Waals surface area contributed by atoms with E-state index in [4.69, 9.17) is 0 Å². The van der Waals surface area contributed by atoms with Gasteiger partial charge < -0.3 is 9.29 Å². The quantitative estimate of drug-likeness (QED) is 0.571. The van der Waals surface area contributed by atoms with Crippen LogP contribution < -0.4 is 0 Å². The van der Waals surface area contributed by atoms with Gasteiger partial charge in [-0.15, -0.1) is 0 Å². The molecule has 0 aliphatic carbocycles. The summed E-state index contributed by atoms with van der Waals surface area (Å²) >= 11 is 0. The average molecular weight is 329 g/mol. The molecule has 0 aliphatic rings. The first kappa shape index (κ1) is 18.2. The molecule has 14 heteroatoms. The van der Waals surface area contributed by atoms with Gasteiger partial charge in [0.05, 0.1) is 0 Å². The Labute approximate surface area is 98.4 Å². The van der Waals surface area contributed by atoms with Gasteiger partial charge >= 0.3 is 23.5 Å². The largest absolute Gasteiger partial charge is 0.743 e. The normalized spacial score (nSPS) is 15.7. The van der Waals surface area contributed by atoms with Gasteiger partial charge in [0.1, 0.15) is 6.61 Å². The summed E-state index contributed by atoms with van der Waals surface area (Å²) in [5.74, 6) is -5.95. The fraction of sp³-hybridized carbons (Fsp3) is 1.00. The summed E-state index contributed by atoms with van der Waals surface area (Å²) in [5, 5.41) is -6.51. The summed E-state index contributed by atoms with van der Waals surface area (Å²) in [6.45, 7) is -3.30. The van der Waals surface area contributed by atoms with Crippen molar-refractivity contribution in [2.75, 3.05) is 6.61 Å². The minimum atomic E-state index is -7.05. The lowest BCUT2D eigenvalue weighted by atomic mass is 10.3. The first-order valence-electron chi connectivity index (χ1n) is 3.75. The molecule has 0 N–H and O–H groups in total.